The number of carbonyl (C=O) groups is 1. The van der Waals surface area contributed by atoms with E-state index in [0.717, 1.165) is 10.5 Å². The molecule has 0 aliphatic rings. The molecule has 0 bridgehead atoms. The van der Waals surface area contributed by atoms with Crippen molar-refractivity contribution in [3.63, 3.8) is 0 Å². The molecule has 0 radical (unpaired) electrons. The molecule has 6 heteroatoms. The summed E-state index contributed by atoms with van der Waals surface area (Å²) in [5, 5.41) is 2.55. The molecule has 0 saturated carbocycles. The number of aromatic nitrogens is 2. The van der Waals surface area contributed by atoms with Crippen molar-refractivity contribution < 1.29 is 9.18 Å². The highest BCUT2D eigenvalue weighted by Gasteiger charge is 2.28. The van der Waals surface area contributed by atoms with E-state index in [1.165, 1.54) is 17.8 Å². The number of hydrogen-bond acceptors (Lipinski definition) is 3. The molecule has 1 amide bonds. The number of benzene rings is 3. The Labute approximate surface area is 185 Å². The smallest absolute Gasteiger partial charge is 0.238 e. The fourth-order valence-corrected chi connectivity index (χ4v) is 4.45. The first-order chi connectivity index (χ1) is 15.1. The average Bonchev–Trinajstić information content (AvgIpc) is 3.23. The molecule has 4 aromatic rings. The van der Waals surface area contributed by atoms with Crippen LogP contribution in [0.4, 0.5) is 4.39 Å². The van der Waals surface area contributed by atoms with Crippen LogP contribution < -0.4 is 5.32 Å². The standard InChI is InChI=1S/C25H22FN3OS/c1-29-17-16-27-24(29)22(20-14-8-9-15-21(20)26)28-25(30)23(18-10-4-2-5-11-18)31-19-12-6-3-7-13-19/h2-17,22-23H,1H3,(H,28,30)/t22-,23+/m0/s1. The Bertz CT molecular complexity index is 1150. The van der Waals surface area contributed by atoms with Gasteiger partial charge < -0.3 is 9.88 Å². The highest BCUT2D eigenvalue weighted by molar-refractivity contribution is 8.00. The van der Waals surface area contributed by atoms with Crippen molar-refractivity contribution in [1.82, 2.24) is 14.9 Å². The van der Waals surface area contributed by atoms with Crippen molar-refractivity contribution in [3.05, 3.63) is 120 Å². The Morgan fingerprint density at radius 2 is 1.61 bits per heavy atom. The van der Waals surface area contributed by atoms with Gasteiger partial charge in [0.05, 0.1) is 0 Å². The van der Waals surface area contributed by atoms with Crippen LogP contribution in [0.15, 0.2) is 102 Å². The molecule has 0 spiro atoms. The number of nitrogens with one attached hydrogen (secondary N) is 1. The predicted molar refractivity (Wildman–Crippen MR) is 121 cm³/mol. The zero-order chi connectivity index (χ0) is 21.6. The van der Waals surface area contributed by atoms with E-state index in [0.29, 0.717) is 11.4 Å². The van der Waals surface area contributed by atoms with Gasteiger partial charge in [0.15, 0.2) is 0 Å². The predicted octanol–water partition coefficient (Wildman–Crippen LogP) is 5.30. The number of rotatable bonds is 7. The summed E-state index contributed by atoms with van der Waals surface area (Å²) in [5.41, 5.74) is 1.25. The number of aryl methyl sites for hydroxylation is 1. The minimum Gasteiger partial charge on any atom is -0.341 e. The largest absolute Gasteiger partial charge is 0.341 e. The van der Waals surface area contributed by atoms with Gasteiger partial charge in [-0.05, 0) is 23.8 Å². The molecule has 31 heavy (non-hydrogen) atoms. The first-order valence-electron chi connectivity index (χ1n) is 9.92. The Kier molecular flexibility index (Phi) is 6.48. The summed E-state index contributed by atoms with van der Waals surface area (Å²) in [7, 11) is 1.83. The van der Waals surface area contributed by atoms with Crippen LogP contribution >= 0.6 is 11.8 Å². The van der Waals surface area contributed by atoms with Crippen LogP contribution in [0.5, 0.6) is 0 Å². The van der Waals surface area contributed by atoms with Gasteiger partial charge in [0, 0.05) is 29.9 Å². The minimum absolute atomic E-state index is 0.212. The van der Waals surface area contributed by atoms with Gasteiger partial charge >= 0.3 is 0 Å². The lowest BCUT2D eigenvalue weighted by Crippen LogP contribution is -2.34. The number of amides is 1. The van der Waals surface area contributed by atoms with Crippen molar-refractivity contribution in [1.29, 1.82) is 0 Å². The molecule has 0 saturated heterocycles. The zero-order valence-corrected chi connectivity index (χ0v) is 17.8. The number of hydrogen-bond donors (Lipinski definition) is 1. The van der Waals surface area contributed by atoms with E-state index < -0.39 is 11.3 Å². The van der Waals surface area contributed by atoms with Gasteiger partial charge in [0.25, 0.3) is 0 Å². The molecule has 4 rings (SSSR count). The van der Waals surface area contributed by atoms with E-state index in [2.05, 4.69) is 10.3 Å². The van der Waals surface area contributed by atoms with Gasteiger partial charge in [0.2, 0.25) is 5.91 Å². The molecule has 1 heterocycles. The molecular formula is C25H22FN3OS. The van der Waals surface area contributed by atoms with Gasteiger partial charge in [-0.2, -0.15) is 0 Å². The topological polar surface area (TPSA) is 46.9 Å². The van der Waals surface area contributed by atoms with Gasteiger partial charge in [0.1, 0.15) is 22.9 Å². The van der Waals surface area contributed by atoms with Crippen LogP contribution in [0.25, 0.3) is 0 Å². The van der Waals surface area contributed by atoms with Crippen LogP contribution in [0.3, 0.4) is 0 Å². The normalized spacial score (nSPS) is 12.8. The van der Waals surface area contributed by atoms with Crippen molar-refractivity contribution in [2.45, 2.75) is 16.2 Å². The Hall–Kier alpha value is -3.38. The maximum absolute atomic E-state index is 14.7. The third kappa shape index (κ3) is 4.86. The van der Waals surface area contributed by atoms with Gasteiger partial charge in [-0.25, -0.2) is 9.37 Å². The Balaban J connectivity index is 1.69. The average molecular weight is 432 g/mol. The van der Waals surface area contributed by atoms with Crippen LogP contribution in [0, 0.1) is 5.82 Å². The molecule has 0 aliphatic heterocycles. The summed E-state index contributed by atoms with van der Waals surface area (Å²) in [6.07, 6.45) is 3.42. The third-order valence-corrected chi connectivity index (χ3v) is 6.22. The van der Waals surface area contributed by atoms with Crippen LogP contribution in [-0.4, -0.2) is 15.5 Å². The second-order valence-corrected chi connectivity index (χ2v) is 8.26. The maximum Gasteiger partial charge on any atom is 0.238 e. The van der Waals surface area contributed by atoms with E-state index in [9.17, 15) is 9.18 Å². The quantitative estimate of drug-likeness (QED) is 0.404. The summed E-state index contributed by atoms with van der Waals surface area (Å²) >= 11 is 1.46. The molecule has 156 valence electrons. The SMILES string of the molecule is Cn1ccnc1[C@@H](NC(=O)[C@H](Sc1ccccc1)c1ccccc1)c1ccccc1F. The molecule has 3 aromatic carbocycles. The Morgan fingerprint density at radius 3 is 2.26 bits per heavy atom. The van der Waals surface area contributed by atoms with Gasteiger partial charge in [-0.15, -0.1) is 11.8 Å². The summed E-state index contributed by atoms with van der Waals surface area (Å²) in [5.74, 6) is -0.0333. The summed E-state index contributed by atoms with van der Waals surface area (Å²) in [6, 6.07) is 25.1. The van der Waals surface area contributed by atoms with Crippen LogP contribution in [-0.2, 0) is 11.8 Å². The molecule has 0 aliphatic carbocycles. The molecule has 0 fully saturated rings. The number of nitrogens with zero attached hydrogens (tertiary/aromatic N) is 2. The van der Waals surface area contributed by atoms with Crippen molar-refractivity contribution in [2.75, 3.05) is 0 Å². The van der Waals surface area contributed by atoms with Crippen molar-refractivity contribution in [2.24, 2.45) is 7.05 Å². The highest BCUT2D eigenvalue weighted by atomic mass is 32.2. The van der Waals surface area contributed by atoms with Gasteiger partial charge in [-0.3, -0.25) is 4.79 Å². The first kappa shape index (κ1) is 20.9. The molecule has 1 aromatic heterocycles. The van der Waals surface area contributed by atoms with Crippen LogP contribution in [0.2, 0.25) is 0 Å². The number of imidazole rings is 1. The lowest BCUT2D eigenvalue weighted by Gasteiger charge is -2.23. The number of thioether (sulfide) groups is 1. The summed E-state index contributed by atoms with van der Waals surface area (Å²) in [4.78, 5) is 18.9. The van der Waals surface area contributed by atoms with E-state index in [1.54, 1.807) is 35.2 Å². The second kappa shape index (κ2) is 9.62. The third-order valence-electron chi connectivity index (χ3n) is 4.96. The molecule has 2 atom stereocenters. The zero-order valence-electron chi connectivity index (χ0n) is 17.0. The molecule has 4 nitrogen and oxygen atoms in total. The fourth-order valence-electron chi connectivity index (χ4n) is 3.40. The minimum atomic E-state index is -0.712. The van der Waals surface area contributed by atoms with Crippen LogP contribution in [0.1, 0.15) is 28.2 Å². The van der Waals surface area contributed by atoms with Crippen molar-refractivity contribution >= 4 is 17.7 Å². The van der Waals surface area contributed by atoms with E-state index >= 15 is 0 Å². The highest BCUT2D eigenvalue weighted by Crippen LogP contribution is 2.36. The second-order valence-electron chi connectivity index (χ2n) is 7.08. The van der Waals surface area contributed by atoms with E-state index in [1.807, 2.05) is 67.7 Å². The molecular weight excluding hydrogens is 409 g/mol. The van der Waals surface area contributed by atoms with E-state index in [-0.39, 0.29) is 11.7 Å². The monoisotopic (exact) mass is 431 g/mol. The number of carbonyl (C=O) groups excluding carboxylic acids is 1. The molecule has 0 unspecified atom stereocenters. The van der Waals surface area contributed by atoms with Crippen molar-refractivity contribution in [3.8, 4) is 0 Å². The summed E-state index contributed by atoms with van der Waals surface area (Å²) < 4.78 is 16.5. The number of halogens is 1. The summed E-state index contributed by atoms with van der Waals surface area (Å²) in [6.45, 7) is 0. The lowest BCUT2D eigenvalue weighted by atomic mass is 10.0. The first-order valence-corrected chi connectivity index (χ1v) is 10.8. The fraction of sp³-hybridized carbons (Fsp3) is 0.120. The van der Waals surface area contributed by atoms with Gasteiger partial charge in [-0.1, -0.05) is 66.7 Å². The maximum atomic E-state index is 14.7. The lowest BCUT2D eigenvalue weighted by molar-refractivity contribution is -0.121. The van der Waals surface area contributed by atoms with E-state index in [4.69, 9.17) is 0 Å². The Morgan fingerprint density at radius 1 is 0.968 bits per heavy atom. The molecule has 1 N–H and O–H groups in total.